The number of aliphatic imine (C=N–C) groups is 1. The standard InChI is InChI=1S/C26H27N5O5/c1-4-34-18-12-10-17(11-13-18)24-30-22(36-31-24)15-14-21(32)29-25-23(26(33)35-5-2)16(3)27-19-8-6-7-9-20(19)28-25/h6-13,27H,4-5,14-15H2,1-3H3,(H,28,29,32). The number of amidine groups is 1. The minimum absolute atomic E-state index is 0.0498. The summed E-state index contributed by atoms with van der Waals surface area (Å²) >= 11 is 0. The lowest BCUT2D eigenvalue weighted by atomic mass is 10.1. The van der Waals surface area contributed by atoms with Crippen molar-refractivity contribution in [3.05, 3.63) is 65.7 Å². The smallest absolute Gasteiger partial charge is 0.343 e. The van der Waals surface area contributed by atoms with E-state index in [9.17, 15) is 9.59 Å². The molecule has 2 N–H and O–H groups in total. The van der Waals surface area contributed by atoms with Crippen molar-refractivity contribution in [2.24, 2.45) is 4.99 Å². The molecule has 1 aromatic heterocycles. The molecule has 0 bridgehead atoms. The van der Waals surface area contributed by atoms with Gasteiger partial charge in [0, 0.05) is 24.1 Å². The van der Waals surface area contributed by atoms with E-state index in [1.165, 1.54) is 0 Å². The minimum atomic E-state index is -0.578. The van der Waals surface area contributed by atoms with E-state index in [4.69, 9.17) is 14.0 Å². The molecule has 3 aromatic rings. The van der Waals surface area contributed by atoms with Crippen LogP contribution in [0.15, 0.2) is 69.3 Å². The number of carbonyl (C=O) groups excluding carboxylic acids is 2. The lowest BCUT2D eigenvalue weighted by Crippen LogP contribution is -2.35. The van der Waals surface area contributed by atoms with Crippen molar-refractivity contribution >= 4 is 29.1 Å². The fraction of sp³-hybridized carbons (Fsp3) is 0.269. The predicted octanol–water partition coefficient (Wildman–Crippen LogP) is 4.18. The Balaban J connectivity index is 1.46. The van der Waals surface area contributed by atoms with Crippen LogP contribution in [0.25, 0.3) is 11.4 Å². The molecule has 1 amide bonds. The quantitative estimate of drug-likeness (QED) is 0.451. The first-order valence-electron chi connectivity index (χ1n) is 11.7. The molecule has 0 saturated heterocycles. The van der Waals surface area contributed by atoms with Gasteiger partial charge in [-0.3, -0.25) is 4.79 Å². The van der Waals surface area contributed by atoms with Crippen molar-refractivity contribution in [2.75, 3.05) is 18.5 Å². The molecule has 1 aliphatic rings. The number of amides is 1. The highest BCUT2D eigenvalue weighted by Gasteiger charge is 2.26. The van der Waals surface area contributed by atoms with E-state index >= 15 is 0 Å². The summed E-state index contributed by atoms with van der Waals surface area (Å²) in [6.45, 7) is 6.14. The van der Waals surface area contributed by atoms with Gasteiger partial charge in [0.15, 0.2) is 0 Å². The Morgan fingerprint density at radius 1 is 1.06 bits per heavy atom. The molecule has 36 heavy (non-hydrogen) atoms. The van der Waals surface area contributed by atoms with Crippen LogP contribution in [0.4, 0.5) is 11.4 Å². The number of hydrogen-bond acceptors (Lipinski definition) is 9. The van der Waals surface area contributed by atoms with Crippen LogP contribution in [0.3, 0.4) is 0 Å². The molecule has 1 aliphatic heterocycles. The lowest BCUT2D eigenvalue weighted by molar-refractivity contribution is -0.137. The number of fused-ring (bicyclic) bond motifs is 1. The Morgan fingerprint density at radius 3 is 2.58 bits per heavy atom. The Bertz CT molecular complexity index is 1310. The molecule has 0 unspecified atom stereocenters. The van der Waals surface area contributed by atoms with Crippen LogP contribution in [0.2, 0.25) is 0 Å². The maximum Gasteiger partial charge on any atom is 0.343 e. The summed E-state index contributed by atoms with van der Waals surface area (Å²) in [4.78, 5) is 34.4. The lowest BCUT2D eigenvalue weighted by Gasteiger charge is -2.13. The van der Waals surface area contributed by atoms with Gasteiger partial charge in [-0.05, 0) is 57.2 Å². The van der Waals surface area contributed by atoms with E-state index < -0.39 is 5.97 Å². The first-order chi connectivity index (χ1) is 17.5. The summed E-state index contributed by atoms with van der Waals surface area (Å²) in [5, 5.41) is 9.93. The van der Waals surface area contributed by atoms with Crippen molar-refractivity contribution in [1.29, 1.82) is 0 Å². The van der Waals surface area contributed by atoms with E-state index in [-0.39, 0.29) is 36.8 Å². The fourth-order valence-electron chi connectivity index (χ4n) is 3.59. The van der Waals surface area contributed by atoms with Crippen LogP contribution in [0, 0.1) is 0 Å². The highest BCUT2D eigenvalue weighted by molar-refractivity contribution is 6.24. The molecule has 10 nitrogen and oxygen atoms in total. The Morgan fingerprint density at radius 2 is 1.83 bits per heavy atom. The summed E-state index contributed by atoms with van der Waals surface area (Å²) in [7, 11) is 0. The number of ether oxygens (including phenoxy) is 2. The second-order valence-corrected chi connectivity index (χ2v) is 7.84. The number of aryl methyl sites for hydroxylation is 1. The normalized spacial score (nSPS) is 12.7. The summed E-state index contributed by atoms with van der Waals surface area (Å²) in [6, 6.07) is 14.7. The Kier molecular flexibility index (Phi) is 7.74. The summed E-state index contributed by atoms with van der Waals surface area (Å²) in [5.74, 6) is 0.685. The molecule has 0 radical (unpaired) electrons. The van der Waals surface area contributed by atoms with Crippen LogP contribution in [0.1, 0.15) is 33.1 Å². The maximum atomic E-state index is 12.8. The number of para-hydroxylation sites is 2. The zero-order valence-electron chi connectivity index (χ0n) is 20.3. The van der Waals surface area contributed by atoms with Gasteiger partial charge >= 0.3 is 5.97 Å². The van der Waals surface area contributed by atoms with Gasteiger partial charge in [0.05, 0.1) is 24.6 Å². The third-order valence-corrected chi connectivity index (χ3v) is 5.27. The average Bonchev–Trinajstić information content (AvgIpc) is 3.28. The van der Waals surface area contributed by atoms with E-state index in [2.05, 4.69) is 25.8 Å². The van der Waals surface area contributed by atoms with E-state index in [1.807, 2.05) is 49.4 Å². The molecule has 2 heterocycles. The number of nitrogens with one attached hydrogen (secondary N) is 2. The molecule has 0 aliphatic carbocycles. The van der Waals surface area contributed by atoms with Gasteiger partial charge in [-0.2, -0.15) is 4.98 Å². The van der Waals surface area contributed by atoms with Crippen LogP contribution < -0.4 is 15.4 Å². The second kappa shape index (κ2) is 11.3. The molecule has 0 saturated carbocycles. The topological polar surface area (TPSA) is 128 Å². The van der Waals surface area contributed by atoms with Crippen LogP contribution in [0.5, 0.6) is 5.75 Å². The molecule has 10 heteroatoms. The van der Waals surface area contributed by atoms with Crippen LogP contribution in [-0.2, 0) is 20.7 Å². The van der Waals surface area contributed by atoms with E-state index in [1.54, 1.807) is 19.9 Å². The number of anilines is 1. The van der Waals surface area contributed by atoms with Crippen molar-refractivity contribution in [1.82, 2.24) is 15.5 Å². The first kappa shape index (κ1) is 24.6. The Hall–Kier alpha value is -4.47. The van der Waals surface area contributed by atoms with Crippen LogP contribution in [-0.4, -0.2) is 41.1 Å². The highest BCUT2D eigenvalue weighted by atomic mass is 16.5. The molecular formula is C26H27N5O5. The molecular weight excluding hydrogens is 462 g/mol. The summed E-state index contributed by atoms with van der Waals surface area (Å²) in [6.07, 6.45) is 0.267. The number of carbonyl (C=O) groups is 2. The van der Waals surface area contributed by atoms with Gasteiger partial charge < -0.3 is 24.6 Å². The van der Waals surface area contributed by atoms with E-state index in [0.29, 0.717) is 35.4 Å². The first-order valence-corrected chi connectivity index (χ1v) is 11.7. The molecule has 186 valence electrons. The second-order valence-electron chi connectivity index (χ2n) is 7.84. The zero-order chi connectivity index (χ0) is 25.5. The monoisotopic (exact) mass is 489 g/mol. The van der Waals surface area contributed by atoms with Crippen molar-refractivity contribution in [3.63, 3.8) is 0 Å². The van der Waals surface area contributed by atoms with Crippen LogP contribution >= 0.6 is 0 Å². The van der Waals surface area contributed by atoms with Gasteiger partial charge in [-0.15, -0.1) is 0 Å². The molecule has 0 spiro atoms. The van der Waals surface area contributed by atoms with E-state index in [0.717, 1.165) is 11.3 Å². The summed E-state index contributed by atoms with van der Waals surface area (Å²) in [5.41, 5.74) is 2.76. The Labute approximate surface area is 208 Å². The number of benzene rings is 2. The van der Waals surface area contributed by atoms with Crippen molar-refractivity contribution in [2.45, 2.75) is 33.6 Å². The maximum absolute atomic E-state index is 12.8. The average molecular weight is 490 g/mol. The molecule has 0 fully saturated rings. The highest BCUT2D eigenvalue weighted by Crippen LogP contribution is 2.30. The molecule has 0 atom stereocenters. The minimum Gasteiger partial charge on any atom is -0.494 e. The van der Waals surface area contributed by atoms with Gasteiger partial charge in [0.25, 0.3) is 0 Å². The zero-order valence-corrected chi connectivity index (χ0v) is 20.3. The number of rotatable bonds is 8. The van der Waals surface area contributed by atoms with Crippen molar-refractivity contribution < 1.29 is 23.6 Å². The summed E-state index contributed by atoms with van der Waals surface area (Å²) < 4.78 is 16.0. The number of nitrogens with zero attached hydrogens (tertiary/aromatic N) is 3. The number of allylic oxidation sites excluding steroid dienone is 1. The molecule has 4 rings (SSSR count). The number of hydrogen-bond donors (Lipinski definition) is 2. The third kappa shape index (κ3) is 5.77. The van der Waals surface area contributed by atoms with Gasteiger partial charge in [-0.1, -0.05) is 17.3 Å². The number of esters is 1. The number of aromatic nitrogens is 2. The van der Waals surface area contributed by atoms with Crippen molar-refractivity contribution in [3.8, 4) is 17.1 Å². The van der Waals surface area contributed by atoms with Gasteiger partial charge in [0.2, 0.25) is 17.6 Å². The molecule has 2 aromatic carbocycles. The largest absolute Gasteiger partial charge is 0.494 e. The SMILES string of the molecule is CCOC(=O)C1=C(C)Nc2ccccc2N=C1NC(=O)CCc1nc(-c2ccc(OCC)cc2)no1. The fourth-order valence-corrected chi connectivity index (χ4v) is 3.59. The van der Waals surface area contributed by atoms with Gasteiger partial charge in [-0.25, -0.2) is 9.79 Å². The van der Waals surface area contributed by atoms with Gasteiger partial charge in [0.1, 0.15) is 17.2 Å². The predicted molar refractivity (Wildman–Crippen MR) is 134 cm³/mol. The third-order valence-electron chi connectivity index (χ3n) is 5.27.